The Morgan fingerprint density at radius 2 is 1.82 bits per heavy atom. The van der Waals surface area contributed by atoms with Crippen molar-refractivity contribution in [2.45, 2.75) is 11.8 Å². The van der Waals surface area contributed by atoms with Crippen LogP contribution in [-0.4, -0.2) is 22.8 Å². The summed E-state index contributed by atoms with van der Waals surface area (Å²) in [5, 5.41) is 2.60. The highest BCUT2D eigenvalue weighted by Crippen LogP contribution is 2.10. The lowest BCUT2D eigenvalue weighted by Gasteiger charge is -1.99. The van der Waals surface area contributed by atoms with Crippen LogP contribution < -0.4 is 5.56 Å². The van der Waals surface area contributed by atoms with Crippen LogP contribution in [0, 0.1) is 6.92 Å². The van der Waals surface area contributed by atoms with Gasteiger partial charge in [0.05, 0.1) is 11.4 Å². The normalized spacial score (nSPS) is 11.6. The van der Waals surface area contributed by atoms with Gasteiger partial charge in [0.15, 0.2) is 4.90 Å². The lowest BCUT2D eigenvalue weighted by Crippen LogP contribution is -2.19. The van der Waals surface area contributed by atoms with Crippen molar-refractivity contribution in [3.05, 3.63) is 46.4 Å². The van der Waals surface area contributed by atoms with Crippen molar-refractivity contribution < 1.29 is 13.0 Å². The minimum Gasteiger partial charge on any atom is -0.294 e. The molecule has 0 aliphatic rings. The second-order valence-corrected chi connectivity index (χ2v) is 4.88. The molecule has 1 aromatic heterocycles. The number of hydrogen-bond donors (Lipinski definition) is 2. The fourth-order valence-corrected chi connectivity index (χ4v) is 2.34. The van der Waals surface area contributed by atoms with Gasteiger partial charge >= 0.3 is 10.1 Å². The first kappa shape index (κ1) is 11.6. The number of para-hydroxylation sites is 1. The Morgan fingerprint density at radius 1 is 1.24 bits per heavy atom. The molecule has 0 aliphatic carbocycles. The third-order valence-electron chi connectivity index (χ3n) is 2.29. The first-order chi connectivity index (χ1) is 7.91. The van der Waals surface area contributed by atoms with Crippen molar-refractivity contribution >= 4 is 10.1 Å². The second kappa shape index (κ2) is 3.86. The van der Waals surface area contributed by atoms with Crippen LogP contribution in [-0.2, 0) is 10.1 Å². The molecule has 0 saturated heterocycles. The third kappa shape index (κ3) is 2.02. The Hall–Kier alpha value is -1.86. The summed E-state index contributed by atoms with van der Waals surface area (Å²) in [6.07, 6.45) is 0. The van der Waals surface area contributed by atoms with Crippen LogP contribution in [0.1, 0.15) is 5.69 Å². The topological polar surface area (TPSA) is 92.2 Å². The minimum atomic E-state index is -4.52. The van der Waals surface area contributed by atoms with E-state index < -0.39 is 20.6 Å². The summed E-state index contributed by atoms with van der Waals surface area (Å²) in [5.41, 5.74) is -0.201. The van der Waals surface area contributed by atoms with E-state index in [1.165, 1.54) is 6.92 Å². The number of hydrogen-bond acceptors (Lipinski definition) is 3. The maximum Gasteiger partial charge on any atom is 0.301 e. The molecule has 0 bridgehead atoms. The average molecular weight is 254 g/mol. The lowest BCUT2D eigenvalue weighted by molar-refractivity contribution is 0.481. The number of nitrogens with one attached hydrogen (secondary N) is 1. The zero-order valence-electron chi connectivity index (χ0n) is 8.91. The van der Waals surface area contributed by atoms with Crippen molar-refractivity contribution in [2.24, 2.45) is 0 Å². The molecule has 90 valence electrons. The SMILES string of the molecule is Cc1[nH]n(-c2ccccc2)c(=O)c1S(=O)(=O)O. The van der Waals surface area contributed by atoms with E-state index in [9.17, 15) is 13.2 Å². The standard InChI is InChI=1S/C10H10N2O4S/c1-7-9(17(14,15)16)10(13)12(11-7)8-5-3-2-4-6-8/h2-6,11H,1H3,(H,14,15,16). The largest absolute Gasteiger partial charge is 0.301 e. The van der Waals surface area contributed by atoms with E-state index in [-0.39, 0.29) is 5.69 Å². The van der Waals surface area contributed by atoms with E-state index in [2.05, 4.69) is 5.10 Å². The summed E-state index contributed by atoms with van der Waals surface area (Å²) < 4.78 is 32.1. The maximum absolute atomic E-state index is 11.8. The summed E-state index contributed by atoms with van der Waals surface area (Å²) in [7, 11) is -4.52. The van der Waals surface area contributed by atoms with Gasteiger partial charge in [-0.3, -0.25) is 14.4 Å². The number of H-pyrrole nitrogens is 1. The highest BCUT2D eigenvalue weighted by atomic mass is 32.2. The first-order valence-corrected chi connectivity index (χ1v) is 6.20. The fourth-order valence-electron chi connectivity index (χ4n) is 1.59. The quantitative estimate of drug-likeness (QED) is 0.772. The summed E-state index contributed by atoms with van der Waals surface area (Å²) in [6.45, 7) is 1.41. The van der Waals surface area contributed by atoms with Gasteiger partial charge in [0, 0.05) is 0 Å². The molecule has 7 heteroatoms. The number of aromatic nitrogens is 2. The molecule has 0 atom stereocenters. The summed E-state index contributed by atoms with van der Waals surface area (Å²) in [5.74, 6) is 0. The Balaban J connectivity index is 2.74. The zero-order chi connectivity index (χ0) is 12.6. The molecule has 0 spiro atoms. The van der Waals surface area contributed by atoms with Crippen molar-refractivity contribution in [2.75, 3.05) is 0 Å². The van der Waals surface area contributed by atoms with E-state index in [1.807, 2.05) is 0 Å². The molecule has 2 N–H and O–H groups in total. The van der Waals surface area contributed by atoms with Crippen molar-refractivity contribution in [3.8, 4) is 5.69 Å². The number of aryl methyl sites for hydroxylation is 1. The van der Waals surface area contributed by atoms with Crippen molar-refractivity contribution in [1.29, 1.82) is 0 Å². The minimum absolute atomic E-state index is 0.0985. The predicted molar refractivity (Wildman–Crippen MR) is 60.9 cm³/mol. The first-order valence-electron chi connectivity index (χ1n) is 4.76. The summed E-state index contributed by atoms with van der Waals surface area (Å²) >= 11 is 0. The van der Waals surface area contributed by atoms with Gasteiger partial charge in [0.25, 0.3) is 5.56 Å². The van der Waals surface area contributed by atoms with Gasteiger partial charge in [-0.1, -0.05) is 18.2 Å². The monoisotopic (exact) mass is 254 g/mol. The highest BCUT2D eigenvalue weighted by Gasteiger charge is 2.22. The Bertz CT molecular complexity index is 698. The van der Waals surface area contributed by atoms with Gasteiger partial charge < -0.3 is 0 Å². The molecule has 6 nitrogen and oxygen atoms in total. The molecule has 0 amide bonds. The van der Waals surface area contributed by atoms with Crippen LogP contribution in [0.5, 0.6) is 0 Å². The molecule has 1 aromatic carbocycles. The molecular formula is C10H10N2O4S. The molecular weight excluding hydrogens is 244 g/mol. The van der Waals surface area contributed by atoms with Gasteiger partial charge in [-0.2, -0.15) is 8.42 Å². The number of aromatic amines is 1. The van der Waals surface area contributed by atoms with Crippen LogP contribution in [0.2, 0.25) is 0 Å². The smallest absolute Gasteiger partial charge is 0.294 e. The van der Waals surface area contributed by atoms with Gasteiger partial charge in [0.2, 0.25) is 0 Å². The van der Waals surface area contributed by atoms with Crippen LogP contribution in [0.3, 0.4) is 0 Å². The van der Waals surface area contributed by atoms with E-state index in [1.54, 1.807) is 30.3 Å². The molecule has 17 heavy (non-hydrogen) atoms. The van der Waals surface area contributed by atoms with Crippen LogP contribution in [0.25, 0.3) is 5.69 Å². The molecule has 0 radical (unpaired) electrons. The lowest BCUT2D eigenvalue weighted by atomic mass is 10.3. The van der Waals surface area contributed by atoms with Crippen molar-refractivity contribution in [3.63, 3.8) is 0 Å². The second-order valence-electron chi connectivity index (χ2n) is 3.52. The van der Waals surface area contributed by atoms with Crippen molar-refractivity contribution in [1.82, 2.24) is 9.78 Å². The molecule has 2 aromatic rings. The number of rotatable bonds is 2. The predicted octanol–water partition coefficient (Wildman–Crippen LogP) is 0.721. The van der Waals surface area contributed by atoms with E-state index in [0.29, 0.717) is 5.69 Å². The Labute approximate surface area is 97.3 Å². The van der Waals surface area contributed by atoms with Gasteiger partial charge in [-0.25, -0.2) is 4.68 Å². The maximum atomic E-state index is 11.8. The van der Waals surface area contributed by atoms with Gasteiger partial charge in [-0.15, -0.1) is 0 Å². The summed E-state index contributed by atoms with van der Waals surface area (Å²) in [4.78, 5) is 11.2. The Morgan fingerprint density at radius 3 is 2.29 bits per heavy atom. The van der Waals surface area contributed by atoms with E-state index >= 15 is 0 Å². The van der Waals surface area contributed by atoms with Crippen LogP contribution in [0.4, 0.5) is 0 Å². The van der Waals surface area contributed by atoms with E-state index in [4.69, 9.17) is 4.55 Å². The highest BCUT2D eigenvalue weighted by molar-refractivity contribution is 7.85. The fraction of sp³-hybridized carbons (Fsp3) is 0.100. The molecule has 1 heterocycles. The molecule has 0 fully saturated rings. The van der Waals surface area contributed by atoms with Gasteiger partial charge in [0.1, 0.15) is 0 Å². The zero-order valence-corrected chi connectivity index (χ0v) is 9.73. The van der Waals surface area contributed by atoms with Gasteiger partial charge in [-0.05, 0) is 19.1 Å². The van der Waals surface area contributed by atoms with Crippen LogP contribution >= 0.6 is 0 Å². The molecule has 0 saturated carbocycles. The molecule has 0 unspecified atom stereocenters. The number of benzene rings is 1. The third-order valence-corrected chi connectivity index (χ3v) is 3.29. The molecule has 2 rings (SSSR count). The molecule has 0 aliphatic heterocycles. The number of nitrogens with zero attached hydrogens (tertiary/aromatic N) is 1. The van der Waals surface area contributed by atoms with E-state index in [0.717, 1.165) is 4.68 Å². The Kier molecular flexibility index (Phi) is 2.64. The summed E-state index contributed by atoms with van der Waals surface area (Å²) in [6, 6.07) is 8.49. The van der Waals surface area contributed by atoms with Crippen LogP contribution in [0.15, 0.2) is 40.0 Å². The average Bonchev–Trinajstić information content (AvgIpc) is 2.54.